The van der Waals surface area contributed by atoms with Crippen molar-refractivity contribution in [2.24, 2.45) is 5.92 Å². The summed E-state index contributed by atoms with van der Waals surface area (Å²) in [7, 11) is 0. The third-order valence-corrected chi connectivity index (χ3v) is 4.00. The van der Waals surface area contributed by atoms with Crippen LogP contribution in [-0.2, 0) is 0 Å². The number of rotatable bonds is 3. The van der Waals surface area contributed by atoms with Gasteiger partial charge in [0.25, 0.3) is 0 Å². The lowest BCUT2D eigenvalue weighted by Gasteiger charge is -2.21. The standard InChI is InChI=1S/C13H20ClN3/c1-8-9(2)16-13(12(14)15-8)17-10(3)11-6-4-5-7-11/h10-11H,4-7H2,1-3H3,(H,16,17). The van der Waals surface area contributed by atoms with Crippen LogP contribution in [0, 0.1) is 19.8 Å². The van der Waals surface area contributed by atoms with Crippen molar-refractivity contribution in [3.05, 3.63) is 16.5 Å². The van der Waals surface area contributed by atoms with Gasteiger partial charge in [-0.15, -0.1) is 0 Å². The van der Waals surface area contributed by atoms with Crippen LogP contribution >= 0.6 is 11.6 Å². The smallest absolute Gasteiger partial charge is 0.171 e. The predicted octanol–water partition coefficient (Wildman–Crippen LogP) is 3.74. The quantitative estimate of drug-likeness (QED) is 0.892. The van der Waals surface area contributed by atoms with E-state index in [1.54, 1.807) is 0 Å². The molecular weight excluding hydrogens is 234 g/mol. The number of hydrogen-bond acceptors (Lipinski definition) is 3. The molecule has 1 fully saturated rings. The number of halogens is 1. The van der Waals surface area contributed by atoms with E-state index in [0.29, 0.717) is 11.2 Å². The fraction of sp³-hybridized carbons (Fsp3) is 0.692. The lowest BCUT2D eigenvalue weighted by Crippen LogP contribution is -2.25. The molecule has 1 N–H and O–H groups in total. The van der Waals surface area contributed by atoms with Crippen LogP contribution in [0.3, 0.4) is 0 Å². The molecule has 2 rings (SSSR count). The molecule has 1 heterocycles. The summed E-state index contributed by atoms with van der Waals surface area (Å²) in [6.45, 7) is 6.10. The molecule has 17 heavy (non-hydrogen) atoms. The maximum absolute atomic E-state index is 6.12. The molecule has 0 aromatic carbocycles. The zero-order valence-electron chi connectivity index (χ0n) is 10.8. The second kappa shape index (κ2) is 5.21. The van der Waals surface area contributed by atoms with E-state index in [-0.39, 0.29) is 0 Å². The number of nitrogens with zero attached hydrogens (tertiary/aromatic N) is 2. The Morgan fingerprint density at radius 2 is 1.76 bits per heavy atom. The van der Waals surface area contributed by atoms with Crippen LogP contribution in [0.1, 0.15) is 44.0 Å². The highest BCUT2D eigenvalue weighted by Gasteiger charge is 2.22. The van der Waals surface area contributed by atoms with E-state index in [2.05, 4.69) is 22.2 Å². The molecular formula is C13H20ClN3. The first-order chi connectivity index (χ1) is 8.08. The van der Waals surface area contributed by atoms with Crippen molar-refractivity contribution in [3.8, 4) is 0 Å². The second-order valence-electron chi connectivity index (χ2n) is 5.01. The molecule has 0 saturated heterocycles. The highest BCUT2D eigenvalue weighted by atomic mass is 35.5. The van der Waals surface area contributed by atoms with Crippen LogP contribution in [0.5, 0.6) is 0 Å². The number of nitrogens with one attached hydrogen (secondary N) is 1. The van der Waals surface area contributed by atoms with Crippen LogP contribution < -0.4 is 5.32 Å². The Hall–Kier alpha value is -0.830. The molecule has 94 valence electrons. The summed E-state index contributed by atoms with van der Waals surface area (Å²) in [5.74, 6) is 1.48. The molecule has 1 aromatic rings. The van der Waals surface area contributed by atoms with E-state index in [0.717, 1.165) is 23.1 Å². The highest BCUT2D eigenvalue weighted by Crippen LogP contribution is 2.30. The summed E-state index contributed by atoms with van der Waals surface area (Å²) in [6.07, 6.45) is 5.32. The molecule has 0 spiro atoms. The summed E-state index contributed by atoms with van der Waals surface area (Å²) < 4.78 is 0. The van der Waals surface area contributed by atoms with E-state index >= 15 is 0 Å². The van der Waals surface area contributed by atoms with Gasteiger partial charge in [-0.3, -0.25) is 0 Å². The molecule has 4 heteroatoms. The molecule has 1 aliphatic carbocycles. The molecule has 0 amide bonds. The minimum atomic E-state index is 0.423. The van der Waals surface area contributed by atoms with Gasteiger partial charge in [-0.1, -0.05) is 24.4 Å². The molecule has 0 aliphatic heterocycles. The monoisotopic (exact) mass is 253 g/mol. The summed E-state index contributed by atoms with van der Waals surface area (Å²) >= 11 is 6.12. The Balaban J connectivity index is 2.09. The molecule has 1 aromatic heterocycles. The highest BCUT2D eigenvalue weighted by molar-refractivity contribution is 6.31. The first-order valence-electron chi connectivity index (χ1n) is 6.35. The van der Waals surface area contributed by atoms with Gasteiger partial charge in [-0.25, -0.2) is 9.97 Å². The Labute approximate surface area is 108 Å². The van der Waals surface area contributed by atoms with Crippen molar-refractivity contribution in [3.63, 3.8) is 0 Å². The van der Waals surface area contributed by atoms with E-state index in [4.69, 9.17) is 11.6 Å². The van der Waals surface area contributed by atoms with Gasteiger partial charge >= 0.3 is 0 Å². The molecule has 1 saturated carbocycles. The average molecular weight is 254 g/mol. The Bertz CT molecular complexity index is 400. The molecule has 1 atom stereocenters. The van der Waals surface area contributed by atoms with Gasteiger partial charge in [0, 0.05) is 6.04 Å². The fourth-order valence-corrected chi connectivity index (χ4v) is 2.68. The minimum absolute atomic E-state index is 0.423. The van der Waals surface area contributed by atoms with E-state index in [1.807, 2.05) is 13.8 Å². The van der Waals surface area contributed by atoms with Gasteiger partial charge in [-0.05, 0) is 39.5 Å². The SMILES string of the molecule is Cc1nc(Cl)c(NC(C)C2CCCC2)nc1C. The molecule has 1 aliphatic rings. The van der Waals surface area contributed by atoms with Crippen molar-refractivity contribution in [2.75, 3.05) is 5.32 Å². The number of hydrogen-bond donors (Lipinski definition) is 1. The summed E-state index contributed by atoms with van der Waals surface area (Å²) in [4.78, 5) is 8.77. The molecule has 0 radical (unpaired) electrons. The van der Waals surface area contributed by atoms with Crippen molar-refractivity contribution in [1.82, 2.24) is 9.97 Å². The predicted molar refractivity (Wildman–Crippen MR) is 71.6 cm³/mol. The summed E-state index contributed by atoms with van der Waals surface area (Å²) in [5.41, 5.74) is 1.84. The second-order valence-corrected chi connectivity index (χ2v) is 5.37. The Morgan fingerprint density at radius 1 is 1.18 bits per heavy atom. The van der Waals surface area contributed by atoms with E-state index in [1.165, 1.54) is 25.7 Å². The van der Waals surface area contributed by atoms with Gasteiger partial charge in [0.2, 0.25) is 0 Å². The zero-order valence-corrected chi connectivity index (χ0v) is 11.5. The number of aryl methyl sites for hydroxylation is 2. The largest absolute Gasteiger partial charge is 0.365 e. The van der Waals surface area contributed by atoms with Crippen LogP contribution in [0.4, 0.5) is 5.82 Å². The normalized spacial score (nSPS) is 18.4. The van der Waals surface area contributed by atoms with Gasteiger partial charge in [-0.2, -0.15) is 0 Å². The summed E-state index contributed by atoms with van der Waals surface area (Å²) in [5, 5.41) is 3.90. The topological polar surface area (TPSA) is 37.8 Å². The fourth-order valence-electron chi connectivity index (χ4n) is 2.46. The molecule has 3 nitrogen and oxygen atoms in total. The first kappa shape index (κ1) is 12.6. The van der Waals surface area contributed by atoms with E-state index < -0.39 is 0 Å². The van der Waals surface area contributed by atoms with Gasteiger partial charge in [0.15, 0.2) is 11.0 Å². The van der Waals surface area contributed by atoms with Gasteiger partial charge in [0.1, 0.15) is 0 Å². The van der Waals surface area contributed by atoms with Crippen molar-refractivity contribution < 1.29 is 0 Å². The van der Waals surface area contributed by atoms with Gasteiger partial charge < -0.3 is 5.32 Å². The van der Waals surface area contributed by atoms with Crippen molar-refractivity contribution >= 4 is 17.4 Å². The number of anilines is 1. The Morgan fingerprint density at radius 3 is 2.41 bits per heavy atom. The maximum Gasteiger partial charge on any atom is 0.171 e. The third kappa shape index (κ3) is 2.89. The Kier molecular flexibility index (Phi) is 3.87. The number of aromatic nitrogens is 2. The average Bonchev–Trinajstić information content (AvgIpc) is 2.79. The van der Waals surface area contributed by atoms with Crippen molar-refractivity contribution in [1.29, 1.82) is 0 Å². The van der Waals surface area contributed by atoms with Crippen molar-refractivity contribution in [2.45, 2.75) is 52.5 Å². The lowest BCUT2D eigenvalue weighted by atomic mass is 10.00. The minimum Gasteiger partial charge on any atom is -0.365 e. The molecule has 1 unspecified atom stereocenters. The lowest BCUT2D eigenvalue weighted by molar-refractivity contribution is 0.481. The van der Waals surface area contributed by atoms with Crippen LogP contribution in [0.15, 0.2) is 0 Å². The summed E-state index contributed by atoms with van der Waals surface area (Å²) in [6, 6.07) is 0.423. The van der Waals surface area contributed by atoms with Gasteiger partial charge in [0.05, 0.1) is 11.4 Å². The van der Waals surface area contributed by atoms with E-state index in [9.17, 15) is 0 Å². The third-order valence-electron chi connectivity index (χ3n) is 3.74. The first-order valence-corrected chi connectivity index (χ1v) is 6.73. The van der Waals surface area contributed by atoms with Crippen LogP contribution in [0.2, 0.25) is 5.15 Å². The maximum atomic E-state index is 6.12. The van der Waals surface area contributed by atoms with Crippen LogP contribution in [0.25, 0.3) is 0 Å². The van der Waals surface area contributed by atoms with Crippen LogP contribution in [-0.4, -0.2) is 16.0 Å². The molecule has 0 bridgehead atoms. The zero-order chi connectivity index (χ0) is 12.4.